The number of hydrogen-bond acceptors (Lipinski definition) is 3. The zero-order chi connectivity index (χ0) is 14.7. The molecule has 0 spiro atoms. The van der Waals surface area contributed by atoms with Crippen LogP contribution in [0.3, 0.4) is 0 Å². The highest BCUT2D eigenvalue weighted by Crippen LogP contribution is 2.29. The molecule has 0 aromatic heterocycles. The van der Waals surface area contributed by atoms with E-state index < -0.39 is 0 Å². The molecule has 0 aliphatic heterocycles. The third-order valence-electron chi connectivity index (χ3n) is 3.98. The summed E-state index contributed by atoms with van der Waals surface area (Å²) in [5.41, 5.74) is 1.23. The van der Waals surface area contributed by atoms with Crippen LogP contribution in [0.15, 0.2) is 36.4 Å². The predicted molar refractivity (Wildman–Crippen MR) is 85.6 cm³/mol. The third-order valence-corrected chi connectivity index (χ3v) is 3.98. The molecule has 2 aromatic rings. The Balaban J connectivity index is 1.86. The number of benzene rings is 2. The Morgan fingerprint density at radius 1 is 1.24 bits per heavy atom. The minimum absolute atomic E-state index is 0.153. The van der Waals surface area contributed by atoms with Crippen molar-refractivity contribution in [1.29, 1.82) is 0 Å². The van der Waals surface area contributed by atoms with Gasteiger partial charge in [-0.2, -0.15) is 0 Å². The number of aliphatic hydroxyl groups is 1. The number of hydrogen-bond donors (Lipinski definition) is 2. The first-order valence-corrected chi connectivity index (χ1v) is 7.75. The highest BCUT2D eigenvalue weighted by molar-refractivity contribution is 5.87. The Morgan fingerprint density at radius 2 is 2.05 bits per heavy atom. The number of nitrogens with one attached hydrogen (secondary N) is 1. The molecule has 0 radical (unpaired) electrons. The monoisotopic (exact) mass is 285 g/mol. The van der Waals surface area contributed by atoms with Crippen LogP contribution in [-0.4, -0.2) is 24.4 Å². The largest absolute Gasteiger partial charge is 0.493 e. The van der Waals surface area contributed by atoms with Gasteiger partial charge in [-0.05, 0) is 29.7 Å². The lowest BCUT2D eigenvalue weighted by atomic mass is 10.0. The Kier molecular flexibility index (Phi) is 4.42. The van der Waals surface area contributed by atoms with Crippen LogP contribution in [0.4, 0.5) is 0 Å². The van der Waals surface area contributed by atoms with Crippen LogP contribution >= 0.6 is 0 Å². The second kappa shape index (κ2) is 6.46. The van der Waals surface area contributed by atoms with Gasteiger partial charge in [0.1, 0.15) is 5.75 Å². The fourth-order valence-electron chi connectivity index (χ4n) is 2.45. The summed E-state index contributed by atoms with van der Waals surface area (Å²) in [6.07, 6.45) is 2.56. The third kappa shape index (κ3) is 3.55. The van der Waals surface area contributed by atoms with E-state index in [9.17, 15) is 0 Å². The average Bonchev–Trinajstić information content (AvgIpc) is 3.35. The van der Waals surface area contributed by atoms with E-state index >= 15 is 0 Å². The first-order chi connectivity index (χ1) is 10.3. The van der Waals surface area contributed by atoms with E-state index in [-0.39, 0.29) is 12.5 Å². The van der Waals surface area contributed by atoms with E-state index in [0.717, 1.165) is 12.3 Å². The van der Waals surface area contributed by atoms with Gasteiger partial charge in [-0.3, -0.25) is 0 Å². The summed E-state index contributed by atoms with van der Waals surface area (Å²) in [4.78, 5) is 0. The molecular formula is C18H23NO2. The predicted octanol–water partition coefficient (Wildman–Crippen LogP) is 3.10. The molecule has 1 aliphatic carbocycles. The lowest BCUT2D eigenvalue weighted by Gasteiger charge is -2.16. The van der Waals surface area contributed by atoms with E-state index in [1.165, 1.54) is 29.2 Å². The maximum Gasteiger partial charge on any atom is 0.124 e. The van der Waals surface area contributed by atoms with Crippen molar-refractivity contribution in [2.24, 2.45) is 5.92 Å². The van der Waals surface area contributed by atoms with Crippen molar-refractivity contribution in [2.45, 2.75) is 32.4 Å². The molecular weight excluding hydrogens is 262 g/mol. The maximum absolute atomic E-state index is 9.15. The van der Waals surface area contributed by atoms with Crippen molar-refractivity contribution in [3.63, 3.8) is 0 Å². The standard InChI is InChI=1S/C18H23NO2/c1-13(11-20)12-21-18-9-6-14-4-2-3-5-16(14)17(18)10-19-15-7-8-15/h2-6,9,13,15,19-20H,7-8,10-12H2,1H3. The lowest BCUT2D eigenvalue weighted by molar-refractivity contribution is 0.173. The van der Waals surface area contributed by atoms with E-state index in [2.05, 4.69) is 41.7 Å². The van der Waals surface area contributed by atoms with Crippen molar-refractivity contribution in [3.05, 3.63) is 42.0 Å². The van der Waals surface area contributed by atoms with Gasteiger partial charge in [-0.1, -0.05) is 37.3 Å². The topological polar surface area (TPSA) is 41.5 Å². The van der Waals surface area contributed by atoms with E-state index in [4.69, 9.17) is 9.84 Å². The molecule has 3 heteroatoms. The molecule has 0 bridgehead atoms. The second-order valence-corrected chi connectivity index (χ2v) is 6.02. The summed E-state index contributed by atoms with van der Waals surface area (Å²) in [6.45, 7) is 3.53. The molecule has 2 aromatic carbocycles. The molecule has 2 N–H and O–H groups in total. The van der Waals surface area contributed by atoms with Crippen LogP contribution < -0.4 is 10.1 Å². The van der Waals surface area contributed by atoms with Crippen LogP contribution in [-0.2, 0) is 6.54 Å². The summed E-state index contributed by atoms with van der Waals surface area (Å²) >= 11 is 0. The van der Waals surface area contributed by atoms with Gasteiger partial charge in [-0.25, -0.2) is 0 Å². The number of aliphatic hydroxyl groups excluding tert-OH is 1. The first-order valence-electron chi connectivity index (χ1n) is 7.75. The highest BCUT2D eigenvalue weighted by atomic mass is 16.5. The summed E-state index contributed by atoms with van der Waals surface area (Å²) in [5, 5.41) is 15.2. The molecule has 0 saturated heterocycles. The Bertz CT molecular complexity index is 607. The molecule has 21 heavy (non-hydrogen) atoms. The first kappa shape index (κ1) is 14.4. The lowest BCUT2D eigenvalue weighted by Crippen LogP contribution is -2.18. The quantitative estimate of drug-likeness (QED) is 0.821. The zero-order valence-electron chi connectivity index (χ0n) is 12.5. The van der Waals surface area contributed by atoms with Crippen molar-refractivity contribution in [1.82, 2.24) is 5.32 Å². The summed E-state index contributed by atoms with van der Waals surface area (Å²) in [7, 11) is 0. The van der Waals surface area contributed by atoms with Gasteiger partial charge in [0.15, 0.2) is 0 Å². The SMILES string of the molecule is CC(CO)COc1ccc2ccccc2c1CNC1CC1. The minimum Gasteiger partial charge on any atom is -0.493 e. The maximum atomic E-state index is 9.15. The fraction of sp³-hybridized carbons (Fsp3) is 0.444. The van der Waals surface area contributed by atoms with Gasteiger partial charge in [0.25, 0.3) is 0 Å². The Labute approximate surface area is 125 Å². The molecule has 112 valence electrons. The fourth-order valence-corrected chi connectivity index (χ4v) is 2.45. The number of ether oxygens (including phenoxy) is 1. The Morgan fingerprint density at radius 3 is 2.81 bits per heavy atom. The van der Waals surface area contributed by atoms with Gasteiger partial charge in [0, 0.05) is 30.7 Å². The van der Waals surface area contributed by atoms with Crippen LogP contribution in [0.1, 0.15) is 25.3 Å². The van der Waals surface area contributed by atoms with Gasteiger partial charge < -0.3 is 15.2 Å². The zero-order valence-corrected chi connectivity index (χ0v) is 12.5. The minimum atomic E-state index is 0.153. The molecule has 1 atom stereocenters. The van der Waals surface area contributed by atoms with Crippen molar-refractivity contribution >= 4 is 10.8 Å². The smallest absolute Gasteiger partial charge is 0.124 e. The molecule has 1 aliphatic rings. The second-order valence-electron chi connectivity index (χ2n) is 6.02. The highest BCUT2D eigenvalue weighted by Gasteiger charge is 2.21. The van der Waals surface area contributed by atoms with E-state index in [0.29, 0.717) is 12.6 Å². The van der Waals surface area contributed by atoms with Gasteiger partial charge in [0.05, 0.1) is 6.61 Å². The van der Waals surface area contributed by atoms with Crippen LogP contribution in [0, 0.1) is 5.92 Å². The molecule has 3 rings (SSSR count). The van der Waals surface area contributed by atoms with Gasteiger partial charge in [0.2, 0.25) is 0 Å². The molecule has 1 unspecified atom stereocenters. The summed E-state index contributed by atoms with van der Waals surface area (Å²) in [6, 6.07) is 13.3. The Hall–Kier alpha value is -1.58. The molecule has 0 amide bonds. The molecule has 3 nitrogen and oxygen atoms in total. The number of fused-ring (bicyclic) bond motifs is 1. The van der Waals surface area contributed by atoms with E-state index in [1.54, 1.807) is 0 Å². The molecule has 0 heterocycles. The van der Waals surface area contributed by atoms with Crippen LogP contribution in [0.25, 0.3) is 10.8 Å². The van der Waals surface area contributed by atoms with Crippen molar-refractivity contribution in [2.75, 3.05) is 13.2 Å². The number of rotatable bonds is 7. The summed E-state index contributed by atoms with van der Waals surface area (Å²) in [5.74, 6) is 1.09. The molecule has 1 saturated carbocycles. The van der Waals surface area contributed by atoms with Crippen molar-refractivity contribution < 1.29 is 9.84 Å². The average molecular weight is 285 g/mol. The summed E-state index contributed by atoms with van der Waals surface area (Å²) < 4.78 is 5.95. The van der Waals surface area contributed by atoms with Crippen LogP contribution in [0.2, 0.25) is 0 Å². The van der Waals surface area contributed by atoms with Crippen molar-refractivity contribution in [3.8, 4) is 5.75 Å². The molecule has 1 fully saturated rings. The normalized spacial score (nSPS) is 16.1. The van der Waals surface area contributed by atoms with Crippen LogP contribution in [0.5, 0.6) is 5.75 Å². The van der Waals surface area contributed by atoms with Gasteiger partial charge in [-0.15, -0.1) is 0 Å². The van der Waals surface area contributed by atoms with E-state index in [1.807, 2.05) is 6.92 Å². The van der Waals surface area contributed by atoms with Gasteiger partial charge >= 0.3 is 0 Å².